The lowest BCUT2D eigenvalue weighted by atomic mass is 10.2. The van der Waals surface area contributed by atoms with Crippen LogP contribution in [0, 0.1) is 19.7 Å². The van der Waals surface area contributed by atoms with Crippen molar-refractivity contribution in [1.29, 1.82) is 0 Å². The molecule has 0 spiro atoms. The molecule has 0 aliphatic heterocycles. The Balaban J connectivity index is 1.85. The van der Waals surface area contributed by atoms with Crippen LogP contribution in [-0.2, 0) is 0 Å². The normalized spacial score (nSPS) is 10.7. The molecule has 1 N–H and O–H groups in total. The molecule has 0 atom stereocenters. The van der Waals surface area contributed by atoms with Crippen LogP contribution < -0.4 is 5.32 Å². The van der Waals surface area contributed by atoms with E-state index >= 15 is 0 Å². The van der Waals surface area contributed by atoms with Gasteiger partial charge < -0.3 is 9.88 Å². The zero-order valence-electron chi connectivity index (χ0n) is 12.0. The number of imidazole rings is 1. The number of nitrogens with zero attached hydrogens (tertiary/aromatic N) is 3. The van der Waals surface area contributed by atoms with E-state index in [1.165, 1.54) is 17.4 Å². The molecule has 0 aliphatic rings. The van der Waals surface area contributed by atoms with Crippen molar-refractivity contribution in [2.24, 2.45) is 0 Å². The number of rotatable bonds is 3. The summed E-state index contributed by atoms with van der Waals surface area (Å²) in [6.45, 7) is 3.55. The molecule has 1 amide bonds. The Morgan fingerprint density at radius 3 is 2.73 bits per heavy atom. The number of aromatic nitrogens is 3. The molecule has 5 nitrogen and oxygen atoms in total. The van der Waals surface area contributed by atoms with Gasteiger partial charge in [-0.05, 0) is 32.0 Å². The van der Waals surface area contributed by atoms with Crippen LogP contribution in [-0.4, -0.2) is 20.4 Å². The molecule has 3 rings (SSSR count). The Labute approximate surface area is 130 Å². The molecule has 0 bridgehead atoms. The summed E-state index contributed by atoms with van der Waals surface area (Å²) in [7, 11) is 0. The molecule has 7 heteroatoms. The number of halogens is 1. The maximum atomic E-state index is 14.3. The lowest BCUT2D eigenvalue weighted by molar-refractivity contribution is 0.103. The van der Waals surface area contributed by atoms with Crippen molar-refractivity contribution in [2.75, 3.05) is 5.32 Å². The second-order valence-electron chi connectivity index (χ2n) is 4.73. The van der Waals surface area contributed by atoms with E-state index in [-0.39, 0.29) is 5.91 Å². The van der Waals surface area contributed by atoms with E-state index in [9.17, 15) is 9.18 Å². The van der Waals surface area contributed by atoms with Gasteiger partial charge in [0, 0.05) is 18.1 Å². The van der Waals surface area contributed by atoms with E-state index in [0.29, 0.717) is 27.8 Å². The standard InChI is InChI=1S/C15H13FN4OS/c1-9-14(22-8-18-9)15(21)19-11-3-4-13(12(16)7-11)20-6-5-17-10(20)2/h3-8H,1-2H3,(H,19,21). The summed E-state index contributed by atoms with van der Waals surface area (Å²) in [5, 5.41) is 2.68. The molecule has 1 aromatic carbocycles. The first-order chi connectivity index (χ1) is 10.6. The van der Waals surface area contributed by atoms with Crippen molar-refractivity contribution in [3.05, 3.63) is 58.3 Å². The smallest absolute Gasteiger partial charge is 0.267 e. The van der Waals surface area contributed by atoms with Crippen LogP contribution in [0.2, 0.25) is 0 Å². The van der Waals surface area contributed by atoms with E-state index in [2.05, 4.69) is 15.3 Å². The first-order valence-electron chi connectivity index (χ1n) is 6.57. The lowest BCUT2D eigenvalue weighted by Crippen LogP contribution is -2.12. The third-order valence-electron chi connectivity index (χ3n) is 3.24. The van der Waals surface area contributed by atoms with E-state index in [0.717, 1.165) is 0 Å². The zero-order chi connectivity index (χ0) is 15.7. The fourth-order valence-corrected chi connectivity index (χ4v) is 2.82. The van der Waals surface area contributed by atoms with Gasteiger partial charge in [0.05, 0.1) is 16.9 Å². The van der Waals surface area contributed by atoms with Crippen molar-refractivity contribution >= 4 is 22.9 Å². The second kappa shape index (κ2) is 5.69. The van der Waals surface area contributed by atoms with Crippen LogP contribution in [0.15, 0.2) is 36.1 Å². The molecule has 0 radical (unpaired) electrons. The molecule has 2 aromatic heterocycles. The summed E-state index contributed by atoms with van der Waals surface area (Å²) in [6.07, 6.45) is 3.30. The van der Waals surface area contributed by atoms with Crippen molar-refractivity contribution in [3.63, 3.8) is 0 Å². The quantitative estimate of drug-likeness (QED) is 0.806. The molecule has 0 saturated carbocycles. The number of anilines is 1. The third kappa shape index (κ3) is 2.62. The van der Waals surface area contributed by atoms with E-state index in [1.54, 1.807) is 48.5 Å². The number of aryl methyl sites for hydroxylation is 2. The maximum absolute atomic E-state index is 14.3. The van der Waals surface area contributed by atoms with Crippen molar-refractivity contribution < 1.29 is 9.18 Å². The number of nitrogens with one attached hydrogen (secondary N) is 1. The van der Waals surface area contributed by atoms with Crippen LogP contribution in [0.1, 0.15) is 21.2 Å². The molecule has 0 unspecified atom stereocenters. The molecule has 0 saturated heterocycles. The van der Waals surface area contributed by atoms with Gasteiger partial charge in [0.25, 0.3) is 5.91 Å². The van der Waals surface area contributed by atoms with E-state index in [4.69, 9.17) is 0 Å². The minimum atomic E-state index is -0.431. The van der Waals surface area contributed by atoms with Gasteiger partial charge in [-0.25, -0.2) is 14.4 Å². The Kier molecular flexibility index (Phi) is 3.72. The van der Waals surface area contributed by atoms with Gasteiger partial charge in [-0.15, -0.1) is 11.3 Å². The van der Waals surface area contributed by atoms with Gasteiger partial charge >= 0.3 is 0 Å². The highest BCUT2D eigenvalue weighted by atomic mass is 32.1. The number of carbonyl (C=O) groups excluding carboxylic acids is 1. The molecular weight excluding hydrogens is 303 g/mol. The summed E-state index contributed by atoms with van der Waals surface area (Å²) in [5.74, 6) is -0.0261. The van der Waals surface area contributed by atoms with Gasteiger partial charge in [-0.3, -0.25) is 4.79 Å². The van der Waals surface area contributed by atoms with Crippen molar-refractivity contribution in [2.45, 2.75) is 13.8 Å². The Bertz CT molecular complexity index is 840. The average molecular weight is 316 g/mol. The van der Waals surface area contributed by atoms with Crippen molar-refractivity contribution in [3.8, 4) is 5.69 Å². The van der Waals surface area contributed by atoms with Gasteiger partial charge in [-0.1, -0.05) is 0 Å². The molecule has 22 heavy (non-hydrogen) atoms. The summed E-state index contributed by atoms with van der Waals surface area (Å²) in [6, 6.07) is 4.56. The van der Waals surface area contributed by atoms with Gasteiger partial charge in [0.1, 0.15) is 16.5 Å². The highest BCUT2D eigenvalue weighted by Gasteiger charge is 2.13. The summed E-state index contributed by atoms with van der Waals surface area (Å²) < 4.78 is 15.9. The number of benzene rings is 1. The first kappa shape index (κ1) is 14.4. The molecule has 112 valence electrons. The van der Waals surface area contributed by atoms with Crippen LogP contribution in [0.4, 0.5) is 10.1 Å². The number of carbonyl (C=O) groups is 1. The number of hydrogen-bond acceptors (Lipinski definition) is 4. The molecule has 0 fully saturated rings. The monoisotopic (exact) mass is 316 g/mol. The number of hydrogen-bond donors (Lipinski definition) is 1. The second-order valence-corrected chi connectivity index (χ2v) is 5.59. The molecular formula is C15H13FN4OS. The largest absolute Gasteiger partial charge is 0.321 e. The third-order valence-corrected chi connectivity index (χ3v) is 4.17. The fourth-order valence-electron chi connectivity index (χ4n) is 2.12. The number of thiazole rings is 1. The predicted octanol–water partition coefficient (Wildman–Crippen LogP) is 3.34. The van der Waals surface area contributed by atoms with Crippen LogP contribution >= 0.6 is 11.3 Å². The predicted molar refractivity (Wildman–Crippen MR) is 83.1 cm³/mol. The topological polar surface area (TPSA) is 59.8 Å². The average Bonchev–Trinajstić information content (AvgIpc) is 3.08. The molecule has 0 aliphatic carbocycles. The summed E-state index contributed by atoms with van der Waals surface area (Å²) in [4.78, 5) is 20.7. The summed E-state index contributed by atoms with van der Waals surface area (Å²) in [5.41, 5.74) is 3.06. The highest BCUT2D eigenvalue weighted by Crippen LogP contribution is 2.21. The lowest BCUT2D eigenvalue weighted by Gasteiger charge is -2.09. The molecule has 3 aromatic rings. The van der Waals surface area contributed by atoms with Crippen molar-refractivity contribution in [1.82, 2.24) is 14.5 Å². The van der Waals surface area contributed by atoms with Crippen LogP contribution in [0.3, 0.4) is 0 Å². The van der Waals surface area contributed by atoms with Gasteiger partial charge in [0.2, 0.25) is 0 Å². The summed E-state index contributed by atoms with van der Waals surface area (Å²) >= 11 is 1.25. The highest BCUT2D eigenvalue weighted by molar-refractivity contribution is 7.12. The van der Waals surface area contributed by atoms with Gasteiger partial charge in [0.15, 0.2) is 0 Å². The van der Waals surface area contributed by atoms with E-state index < -0.39 is 5.82 Å². The Morgan fingerprint density at radius 2 is 2.14 bits per heavy atom. The van der Waals surface area contributed by atoms with Crippen LogP contribution in [0.25, 0.3) is 5.69 Å². The van der Waals surface area contributed by atoms with E-state index in [1.807, 2.05) is 0 Å². The molecule has 2 heterocycles. The first-order valence-corrected chi connectivity index (χ1v) is 7.45. The maximum Gasteiger partial charge on any atom is 0.267 e. The SMILES string of the molecule is Cc1ncsc1C(=O)Nc1ccc(-n2ccnc2C)c(F)c1. The zero-order valence-corrected chi connectivity index (χ0v) is 12.8. The van der Waals surface area contributed by atoms with Gasteiger partial charge in [-0.2, -0.15) is 0 Å². The minimum Gasteiger partial charge on any atom is -0.321 e. The Morgan fingerprint density at radius 1 is 1.32 bits per heavy atom. The fraction of sp³-hybridized carbons (Fsp3) is 0.133. The van der Waals surface area contributed by atoms with Crippen LogP contribution in [0.5, 0.6) is 0 Å². The Hall–Kier alpha value is -2.54. The minimum absolute atomic E-state index is 0.286. The number of amides is 1.